The van der Waals surface area contributed by atoms with E-state index in [9.17, 15) is 19.2 Å². The predicted octanol–water partition coefficient (Wildman–Crippen LogP) is 1.54. The summed E-state index contributed by atoms with van der Waals surface area (Å²) in [7, 11) is 0. The monoisotopic (exact) mass is 393 g/mol. The first-order valence-electron chi connectivity index (χ1n) is 9.58. The molecular formula is C22H23N3O4. The number of carbonyl (C=O) groups excluding carboxylic acids is 4. The van der Waals surface area contributed by atoms with E-state index in [0.717, 1.165) is 16.9 Å². The van der Waals surface area contributed by atoms with Gasteiger partial charge in [-0.05, 0) is 24.1 Å². The summed E-state index contributed by atoms with van der Waals surface area (Å²) >= 11 is 0. The van der Waals surface area contributed by atoms with E-state index >= 15 is 0 Å². The second-order valence-electron chi connectivity index (χ2n) is 6.80. The van der Waals surface area contributed by atoms with Crippen LogP contribution in [0.2, 0.25) is 0 Å². The van der Waals surface area contributed by atoms with Crippen molar-refractivity contribution >= 4 is 23.6 Å². The summed E-state index contributed by atoms with van der Waals surface area (Å²) in [6.07, 6.45) is 0.945. The molecule has 0 unspecified atom stereocenters. The van der Waals surface area contributed by atoms with Gasteiger partial charge in [-0.25, -0.2) is 0 Å². The Bertz CT molecular complexity index is 892. The zero-order valence-electron chi connectivity index (χ0n) is 16.2. The van der Waals surface area contributed by atoms with E-state index in [1.807, 2.05) is 37.3 Å². The van der Waals surface area contributed by atoms with Gasteiger partial charge in [-0.1, -0.05) is 49.4 Å². The molecule has 0 saturated heterocycles. The van der Waals surface area contributed by atoms with Crippen molar-refractivity contribution in [1.82, 2.24) is 15.5 Å². The zero-order valence-corrected chi connectivity index (χ0v) is 16.2. The van der Waals surface area contributed by atoms with Gasteiger partial charge in [0.2, 0.25) is 11.8 Å². The number of nitrogens with zero attached hydrogens (tertiary/aromatic N) is 1. The fourth-order valence-electron chi connectivity index (χ4n) is 3.24. The maximum absolute atomic E-state index is 12.9. The molecule has 0 fully saturated rings. The van der Waals surface area contributed by atoms with Crippen LogP contribution in [0.5, 0.6) is 0 Å². The van der Waals surface area contributed by atoms with Crippen LogP contribution in [0.25, 0.3) is 0 Å². The highest BCUT2D eigenvalue weighted by Gasteiger charge is 2.42. The van der Waals surface area contributed by atoms with Gasteiger partial charge in [-0.3, -0.25) is 24.1 Å². The van der Waals surface area contributed by atoms with Gasteiger partial charge >= 0.3 is 0 Å². The largest absolute Gasteiger partial charge is 0.355 e. The highest BCUT2D eigenvalue weighted by atomic mass is 16.2. The molecule has 0 aliphatic carbocycles. The number of amides is 4. The molecule has 2 N–H and O–H groups in total. The Labute approximate surface area is 169 Å². The molecule has 3 rings (SSSR count). The highest BCUT2D eigenvalue weighted by Crippen LogP contribution is 2.26. The second-order valence-corrected chi connectivity index (χ2v) is 6.80. The van der Waals surface area contributed by atoms with Crippen LogP contribution in [0.15, 0.2) is 54.6 Å². The SMILES string of the molecule is CCCNC(=O)CNC(=O)[C@H](Cc1ccccc1)N1C(=O)c2ccccc2C1=O. The van der Waals surface area contributed by atoms with E-state index in [0.29, 0.717) is 6.54 Å². The lowest BCUT2D eigenvalue weighted by atomic mass is 10.0. The molecule has 1 aliphatic rings. The van der Waals surface area contributed by atoms with Crippen molar-refractivity contribution in [2.45, 2.75) is 25.8 Å². The molecule has 150 valence electrons. The molecule has 7 heteroatoms. The summed E-state index contributed by atoms with van der Waals surface area (Å²) in [4.78, 5) is 51.5. The number of hydrogen-bond donors (Lipinski definition) is 2. The number of hydrogen-bond acceptors (Lipinski definition) is 4. The number of nitrogens with one attached hydrogen (secondary N) is 2. The van der Waals surface area contributed by atoms with Crippen molar-refractivity contribution in [2.24, 2.45) is 0 Å². The standard InChI is InChI=1S/C22H23N3O4/c1-2-12-23-19(26)14-24-20(27)18(13-15-8-4-3-5-9-15)25-21(28)16-10-6-7-11-17(16)22(25)29/h3-11,18H,2,12-14H2,1H3,(H,23,26)(H,24,27)/t18-/m0/s1. The van der Waals surface area contributed by atoms with Crippen LogP contribution in [0.4, 0.5) is 0 Å². The van der Waals surface area contributed by atoms with Gasteiger partial charge in [-0.15, -0.1) is 0 Å². The molecule has 7 nitrogen and oxygen atoms in total. The molecular weight excluding hydrogens is 370 g/mol. The number of carbonyl (C=O) groups is 4. The Kier molecular flexibility index (Phi) is 6.39. The summed E-state index contributed by atoms with van der Waals surface area (Å²) in [5, 5.41) is 5.24. The third-order valence-electron chi connectivity index (χ3n) is 4.71. The van der Waals surface area contributed by atoms with E-state index in [2.05, 4.69) is 10.6 Å². The van der Waals surface area contributed by atoms with Gasteiger partial charge in [0.25, 0.3) is 11.8 Å². The summed E-state index contributed by atoms with van der Waals surface area (Å²) in [5.74, 6) is -1.87. The van der Waals surface area contributed by atoms with Crippen molar-refractivity contribution in [3.05, 3.63) is 71.3 Å². The van der Waals surface area contributed by atoms with Crippen LogP contribution in [0.1, 0.15) is 39.6 Å². The van der Waals surface area contributed by atoms with Gasteiger partial charge in [0.1, 0.15) is 6.04 Å². The van der Waals surface area contributed by atoms with Crippen molar-refractivity contribution in [2.75, 3.05) is 13.1 Å². The van der Waals surface area contributed by atoms with Gasteiger partial charge in [0, 0.05) is 13.0 Å². The van der Waals surface area contributed by atoms with Gasteiger partial charge in [0.15, 0.2) is 0 Å². The molecule has 1 aliphatic heterocycles. The Morgan fingerprint density at radius 2 is 1.48 bits per heavy atom. The van der Waals surface area contributed by atoms with Crippen LogP contribution in [0.3, 0.4) is 0 Å². The van der Waals surface area contributed by atoms with E-state index < -0.39 is 23.8 Å². The molecule has 0 aromatic heterocycles. The summed E-state index contributed by atoms with van der Waals surface area (Å²) in [5.41, 5.74) is 1.37. The van der Waals surface area contributed by atoms with Crippen molar-refractivity contribution < 1.29 is 19.2 Å². The lowest BCUT2D eigenvalue weighted by Crippen LogP contribution is -2.52. The van der Waals surface area contributed by atoms with E-state index in [1.54, 1.807) is 24.3 Å². The maximum atomic E-state index is 12.9. The Hall–Kier alpha value is -3.48. The molecule has 1 atom stereocenters. The Balaban J connectivity index is 1.82. The first-order valence-corrected chi connectivity index (χ1v) is 9.58. The fourth-order valence-corrected chi connectivity index (χ4v) is 3.24. The fraction of sp³-hybridized carbons (Fsp3) is 0.273. The maximum Gasteiger partial charge on any atom is 0.262 e. The van der Waals surface area contributed by atoms with Crippen LogP contribution < -0.4 is 10.6 Å². The van der Waals surface area contributed by atoms with Crippen molar-refractivity contribution in [3.8, 4) is 0 Å². The van der Waals surface area contributed by atoms with E-state index in [1.165, 1.54) is 0 Å². The number of imide groups is 1. The van der Waals surface area contributed by atoms with Gasteiger partial charge in [-0.2, -0.15) is 0 Å². The van der Waals surface area contributed by atoms with Crippen molar-refractivity contribution in [3.63, 3.8) is 0 Å². The van der Waals surface area contributed by atoms with E-state index in [-0.39, 0.29) is 30.0 Å². The minimum absolute atomic E-state index is 0.161. The second kappa shape index (κ2) is 9.14. The average Bonchev–Trinajstić information content (AvgIpc) is 3.00. The summed E-state index contributed by atoms with van der Waals surface area (Å²) in [6, 6.07) is 14.6. The zero-order chi connectivity index (χ0) is 20.8. The number of fused-ring (bicyclic) bond motifs is 1. The normalized spacial score (nSPS) is 13.8. The van der Waals surface area contributed by atoms with E-state index in [4.69, 9.17) is 0 Å². The molecule has 2 aromatic carbocycles. The number of benzene rings is 2. The smallest absolute Gasteiger partial charge is 0.262 e. The minimum atomic E-state index is -1.05. The van der Waals surface area contributed by atoms with Gasteiger partial charge in [0.05, 0.1) is 17.7 Å². The molecule has 4 amide bonds. The first-order chi connectivity index (χ1) is 14.0. The lowest BCUT2D eigenvalue weighted by Gasteiger charge is -2.25. The van der Waals surface area contributed by atoms with Crippen LogP contribution in [-0.2, 0) is 16.0 Å². The molecule has 29 heavy (non-hydrogen) atoms. The third-order valence-corrected chi connectivity index (χ3v) is 4.71. The van der Waals surface area contributed by atoms with Crippen LogP contribution >= 0.6 is 0 Å². The Morgan fingerprint density at radius 3 is 2.07 bits per heavy atom. The predicted molar refractivity (Wildman–Crippen MR) is 107 cm³/mol. The quantitative estimate of drug-likeness (QED) is 0.665. The first kappa shape index (κ1) is 20.3. The van der Waals surface area contributed by atoms with Crippen molar-refractivity contribution in [1.29, 1.82) is 0 Å². The molecule has 2 aromatic rings. The molecule has 0 saturated carbocycles. The summed E-state index contributed by atoms with van der Waals surface area (Å²) in [6.45, 7) is 2.23. The molecule has 0 spiro atoms. The molecule has 0 radical (unpaired) electrons. The third kappa shape index (κ3) is 4.51. The van der Waals surface area contributed by atoms with Crippen LogP contribution in [0, 0.1) is 0 Å². The molecule has 1 heterocycles. The minimum Gasteiger partial charge on any atom is -0.355 e. The molecule has 0 bridgehead atoms. The highest BCUT2D eigenvalue weighted by molar-refractivity contribution is 6.22. The number of rotatable bonds is 8. The topological polar surface area (TPSA) is 95.6 Å². The Morgan fingerprint density at radius 1 is 0.897 bits per heavy atom. The summed E-state index contributed by atoms with van der Waals surface area (Å²) < 4.78 is 0. The van der Waals surface area contributed by atoms with Crippen LogP contribution in [-0.4, -0.2) is 47.7 Å². The lowest BCUT2D eigenvalue weighted by molar-refractivity contribution is -0.128. The average molecular weight is 393 g/mol. The van der Waals surface area contributed by atoms with Gasteiger partial charge < -0.3 is 10.6 Å².